The molecule has 0 spiro atoms. The minimum absolute atomic E-state index is 0.0493. The standard InChI is InChI=1S/C20H14ClN3O4/c1-10-5-7-11(8-6-10)28-17-13(21)3-2-4-14(17)24-15(25)9-12-16(18(24)22)20(27)23-19(12)26/h2-9H,22H2,1H3,(H,23,26,27). The summed E-state index contributed by atoms with van der Waals surface area (Å²) in [7, 11) is 0. The van der Waals surface area contributed by atoms with E-state index in [1.54, 1.807) is 30.3 Å². The van der Waals surface area contributed by atoms with E-state index in [0.29, 0.717) is 5.75 Å². The molecule has 28 heavy (non-hydrogen) atoms. The van der Waals surface area contributed by atoms with Crippen LogP contribution in [-0.2, 0) is 0 Å². The minimum atomic E-state index is -0.658. The summed E-state index contributed by atoms with van der Waals surface area (Å²) < 4.78 is 7.02. The van der Waals surface area contributed by atoms with Gasteiger partial charge in [-0.25, -0.2) is 0 Å². The molecule has 3 aromatic rings. The molecule has 7 nitrogen and oxygen atoms in total. The maximum Gasteiger partial charge on any atom is 0.262 e. The van der Waals surface area contributed by atoms with Crippen molar-refractivity contribution in [3.63, 3.8) is 0 Å². The van der Waals surface area contributed by atoms with Crippen molar-refractivity contribution in [3.05, 3.63) is 80.6 Å². The second-order valence-corrected chi connectivity index (χ2v) is 6.69. The van der Waals surface area contributed by atoms with Crippen LogP contribution in [0.3, 0.4) is 0 Å². The first-order chi connectivity index (χ1) is 13.4. The molecule has 8 heteroatoms. The number of nitrogens with one attached hydrogen (secondary N) is 1. The molecule has 1 aromatic heterocycles. The molecule has 1 aliphatic heterocycles. The van der Waals surface area contributed by atoms with Crippen LogP contribution in [0.25, 0.3) is 5.69 Å². The van der Waals surface area contributed by atoms with Gasteiger partial charge >= 0.3 is 0 Å². The molecule has 0 atom stereocenters. The van der Waals surface area contributed by atoms with Crippen molar-refractivity contribution >= 4 is 29.2 Å². The Morgan fingerprint density at radius 3 is 2.46 bits per heavy atom. The molecule has 3 N–H and O–H groups in total. The van der Waals surface area contributed by atoms with Crippen LogP contribution in [0.15, 0.2) is 53.3 Å². The first-order valence-corrected chi connectivity index (χ1v) is 8.69. The number of hydrogen-bond acceptors (Lipinski definition) is 5. The molecule has 0 bridgehead atoms. The van der Waals surface area contributed by atoms with E-state index in [2.05, 4.69) is 5.32 Å². The van der Waals surface area contributed by atoms with E-state index in [9.17, 15) is 14.4 Å². The highest BCUT2D eigenvalue weighted by Crippen LogP contribution is 2.36. The number of rotatable bonds is 3. The Morgan fingerprint density at radius 2 is 1.75 bits per heavy atom. The third-order valence-corrected chi connectivity index (χ3v) is 4.68. The number of benzene rings is 2. The lowest BCUT2D eigenvalue weighted by Crippen LogP contribution is -2.24. The van der Waals surface area contributed by atoms with Gasteiger partial charge in [-0.2, -0.15) is 0 Å². The largest absolute Gasteiger partial charge is 0.454 e. The highest BCUT2D eigenvalue weighted by molar-refractivity contribution is 6.32. The Hall–Kier alpha value is -3.58. The number of imide groups is 1. The van der Waals surface area contributed by atoms with Gasteiger partial charge in [0.05, 0.1) is 21.8 Å². The van der Waals surface area contributed by atoms with Crippen LogP contribution < -0.4 is 21.3 Å². The molecule has 0 saturated carbocycles. The summed E-state index contributed by atoms with van der Waals surface area (Å²) in [6.07, 6.45) is 0. The second-order valence-electron chi connectivity index (χ2n) is 6.28. The molecular formula is C20H14ClN3O4. The van der Waals surface area contributed by atoms with Gasteiger partial charge in [0.1, 0.15) is 11.6 Å². The van der Waals surface area contributed by atoms with Crippen molar-refractivity contribution in [2.24, 2.45) is 0 Å². The molecular weight excluding hydrogens is 382 g/mol. The number of amides is 2. The molecule has 0 radical (unpaired) electrons. The summed E-state index contributed by atoms with van der Waals surface area (Å²) >= 11 is 6.32. The maximum absolute atomic E-state index is 12.7. The van der Waals surface area contributed by atoms with Gasteiger partial charge < -0.3 is 10.5 Å². The summed E-state index contributed by atoms with van der Waals surface area (Å²) in [5.74, 6) is -0.763. The fourth-order valence-corrected chi connectivity index (χ4v) is 3.23. The zero-order valence-corrected chi connectivity index (χ0v) is 15.4. The van der Waals surface area contributed by atoms with E-state index < -0.39 is 17.4 Å². The normalized spacial score (nSPS) is 12.6. The first-order valence-electron chi connectivity index (χ1n) is 8.31. The van der Waals surface area contributed by atoms with Crippen LogP contribution in [0.1, 0.15) is 26.3 Å². The zero-order valence-electron chi connectivity index (χ0n) is 14.7. The minimum Gasteiger partial charge on any atom is -0.454 e. The van der Waals surface area contributed by atoms with Gasteiger partial charge in [0, 0.05) is 6.07 Å². The lowest BCUT2D eigenvalue weighted by molar-refractivity contribution is 0.0880. The smallest absolute Gasteiger partial charge is 0.262 e. The van der Waals surface area contributed by atoms with Gasteiger partial charge in [-0.1, -0.05) is 35.4 Å². The van der Waals surface area contributed by atoms with E-state index in [1.807, 2.05) is 19.1 Å². The number of nitrogens with zero attached hydrogens (tertiary/aromatic N) is 1. The number of halogens is 1. The average molecular weight is 396 g/mol. The van der Waals surface area contributed by atoms with E-state index in [4.69, 9.17) is 22.1 Å². The van der Waals surface area contributed by atoms with Crippen LogP contribution >= 0.6 is 11.6 Å². The number of aromatic nitrogens is 1. The predicted molar refractivity (Wildman–Crippen MR) is 105 cm³/mol. The number of carbonyl (C=O) groups excluding carboxylic acids is 2. The maximum atomic E-state index is 12.7. The van der Waals surface area contributed by atoms with E-state index in [1.165, 1.54) is 0 Å². The monoisotopic (exact) mass is 395 g/mol. The lowest BCUT2D eigenvalue weighted by Gasteiger charge is -2.17. The second kappa shape index (κ2) is 6.54. The van der Waals surface area contributed by atoms with Crippen LogP contribution in [0, 0.1) is 6.92 Å². The van der Waals surface area contributed by atoms with Crippen molar-refractivity contribution in [2.45, 2.75) is 6.92 Å². The van der Waals surface area contributed by atoms with Crippen molar-refractivity contribution in [1.29, 1.82) is 0 Å². The number of pyridine rings is 1. The van der Waals surface area contributed by atoms with Crippen LogP contribution in [-0.4, -0.2) is 16.4 Å². The molecule has 0 saturated heterocycles. The summed E-state index contributed by atoms with van der Waals surface area (Å²) in [6, 6.07) is 13.2. The SMILES string of the molecule is Cc1ccc(Oc2c(Cl)cccc2-n2c(N)c3c(cc2=O)C(=O)NC3=O)cc1. The fourth-order valence-electron chi connectivity index (χ4n) is 3.03. The predicted octanol–water partition coefficient (Wildman–Crippen LogP) is 3.06. The van der Waals surface area contributed by atoms with Gasteiger partial charge in [-0.3, -0.25) is 24.3 Å². The summed E-state index contributed by atoms with van der Waals surface area (Å²) in [5, 5.41) is 2.39. The summed E-state index contributed by atoms with van der Waals surface area (Å²) in [5.41, 5.74) is 6.73. The molecule has 0 aliphatic carbocycles. The third-order valence-electron chi connectivity index (χ3n) is 4.38. The number of aryl methyl sites for hydroxylation is 1. The molecule has 2 aromatic carbocycles. The number of para-hydroxylation sites is 1. The number of carbonyl (C=O) groups is 2. The first kappa shape index (κ1) is 17.8. The summed E-state index contributed by atoms with van der Waals surface area (Å²) in [6.45, 7) is 1.95. The Morgan fingerprint density at radius 1 is 1.04 bits per heavy atom. The molecule has 4 rings (SSSR count). The highest BCUT2D eigenvalue weighted by Gasteiger charge is 2.32. The Kier molecular flexibility index (Phi) is 4.16. The third kappa shape index (κ3) is 2.82. The van der Waals surface area contributed by atoms with Crippen LogP contribution in [0.5, 0.6) is 11.5 Å². The number of ether oxygens (including phenoxy) is 1. The number of nitrogen functional groups attached to an aromatic ring is 1. The molecule has 140 valence electrons. The summed E-state index contributed by atoms with van der Waals surface area (Å²) in [4.78, 5) is 36.6. The Balaban J connectivity index is 1.92. The number of nitrogens with two attached hydrogens (primary N) is 1. The van der Waals surface area contributed by atoms with Gasteiger partial charge in [0.2, 0.25) is 0 Å². The highest BCUT2D eigenvalue weighted by atomic mass is 35.5. The van der Waals surface area contributed by atoms with Crippen LogP contribution in [0.4, 0.5) is 5.82 Å². The molecule has 0 fully saturated rings. The van der Waals surface area contributed by atoms with Crippen molar-refractivity contribution in [2.75, 3.05) is 5.73 Å². The molecule has 2 heterocycles. The quantitative estimate of drug-likeness (QED) is 0.663. The number of hydrogen-bond donors (Lipinski definition) is 2. The van der Waals surface area contributed by atoms with E-state index >= 15 is 0 Å². The van der Waals surface area contributed by atoms with Crippen LogP contribution in [0.2, 0.25) is 5.02 Å². The van der Waals surface area contributed by atoms with Gasteiger partial charge in [0.25, 0.3) is 17.4 Å². The Labute approximate surface area is 164 Å². The average Bonchev–Trinajstić information content (AvgIpc) is 2.93. The number of anilines is 1. The number of fused-ring (bicyclic) bond motifs is 1. The zero-order chi connectivity index (χ0) is 20.0. The molecule has 0 unspecified atom stereocenters. The molecule has 2 amide bonds. The van der Waals surface area contributed by atoms with Crippen molar-refractivity contribution in [1.82, 2.24) is 9.88 Å². The lowest BCUT2D eigenvalue weighted by atomic mass is 10.1. The van der Waals surface area contributed by atoms with Gasteiger partial charge in [0.15, 0.2) is 5.75 Å². The molecule has 1 aliphatic rings. The van der Waals surface area contributed by atoms with E-state index in [0.717, 1.165) is 16.2 Å². The van der Waals surface area contributed by atoms with Crippen molar-refractivity contribution in [3.8, 4) is 17.2 Å². The van der Waals surface area contributed by atoms with E-state index in [-0.39, 0.29) is 33.4 Å². The Bertz CT molecular complexity index is 1200. The fraction of sp³-hybridized carbons (Fsp3) is 0.0500. The van der Waals surface area contributed by atoms with Crippen molar-refractivity contribution < 1.29 is 14.3 Å². The topological polar surface area (TPSA) is 103 Å². The van der Waals surface area contributed by atoms with Gasteiger partial charge in [-0.05, 0) is 31.2 Å². The van der Waals surface area contributed by atoms with Gasteiger partial charge in [-0.15, -0.1) is 0 Å².